The number of amides is 1. The van der Waals surface area contributed by atoms with E-state index in [1.807, 2.05) is 22.6 Å². The third kappa shape index (κ3) is 6.59. The lowest BCUT2D eigenvalue weighted by atomic mass is 10.1. The molecule has 1 atom stereocenters. The number of rotatable bonds is 7. The minimum atomic E-state index is -0.841. The van der Waals surface area contributed by atoms with E-state index in [9.17, 15) is 19.8 Å². The third-order valence-corrected chi connectivity index (χ3v) is 4.53. The summed E-state index contributed by atoms with van der Waals surface area (Å²) in [5.74, 6) is -0.656. The van der Waals surface area contributed by atoms with Crippen molar-refractivity contribution in [3.05, 3.63) is 63.2 Å². The third-order valence-electron chi connectivity index (χ3n) is 3.66. The SMILES string of the molecule is CCOC(=O)C(Cc1ccc(O)cc1)NC(=O)C=Cc1ccc(O)c(I)c1. The van der Waals surface area contributed by atoms with Crippen LogP contribution in [-0.4, -0.2) is 34.7 Å². The van der Waals surface area contributed by atoms with E-state index in [1.165, 1.54) is 18.2 Å². The zero-order chi connectivity index (χ0) is 19.8. The normalized spacial score (nSPS) is 11.9. The van der Waals surface area contributed by atoms with E-state index in [1.54, 1.807) is 43.3 Å². The largest absolute Gasteiger partial charge is 0.508 e. The Bertz CT molecular complexity index is 833. The number of benzene rings is 2. The molecule has 2 aromatic rings. The fourth-order valence-corrected chi connectivity index (χ4v) is 2.86. The second-order valence-electron chi connectivity index (χ2n) is 5.73. The second-order valence-corrected chi connectivity index (χ2v) is 6.89. The number of carbonyl (C=O) groups is 2. The van der Waals surface area contributed by atoms with Gasteiger partial charge in [-0.25, -0.2) is 4.79 Å². The van der Waals surface area contributed by atoms with E-state index in [4.69, 9.17) is 4.74 Å². The summed E-state index contributed by atoms with van der Waals surface area (Å²) in [5.41, 5.74) is 1.53. The molecule has 0 aliphatic carbocycles. The van der Waals surface area contributed by atoms with Crippen molar-refractivity contribution < 1.29 is 24.5 Å². The van der Waals surface area contributed by atoms with Gasteiger partial charge in [-0.2, -0.15) is 0 Å². The van der Waals surface area contributed by atoms with Crippen molar-refractivity contribution in [1.82, 2.24) is 5.32 Å². The molecule has 0 heterocycles. The van der Waals surface area contributed by atoms with Gasteiger partial charge in [0, 0.05) is 12.5 Å². The van der Waals surface area contributed by atoms with E-state index in [-0.39, 0.29) is 24.5 Å². The highest BCUT2D eigenvalue weighted by Crippen LogP contribution is 2.20. The Morgan fingerprint density at radius 2 is 1.89 bits per heavy atom. The predicted octanol–water partition coefficient (Wildman–Crippen LogP) is 3.01. The number of hydrogen-bond donors (Lipinski definition) is 3. The first kappa shape index (κ1) is 20.8. The van der Waals surface area contributed by atoms with Crippen molar-refractivity contribution in [1.29, 1.82) is 0 Å². The molecule has 0 aromatic heterocycles. The van der Waals surface area contributed by atoms with Crippen LogP contribution in [0.3, 0.4) is 0 Å². The number of nitrogens with one attached hydrogen (secondary N) is 1. The fraction of sp³-hybridized carbons (Fsp3) is 0.200. The number of ether oxygens (including phenoxy) is 1. The minimum Gasteiger partial charge on any atom is -0.508 e. The first-order chi connectivity index (χ1) is 12.9. The van der Waals surface area contributed by atoms with E-state index >= 15 is 0 Å². The van der Waals surface area contributed by atoms with Crippen molar-refractivity contribution in [2.45, 2.75) is 19.4 Å². The zero-order valence-corrected chi connectivity index (χ0v) is 16.8. The van der Waals surface area contributed by atoms with Gasteiger partial charge >= 0.3 is 5.97 Å². The summed E-state index contributed by atoms with van der Waals surface area (Å²) in [4.78, 5) is 24.4. The summed E-state index contributed by atoms with van der Waals surface area (Å²) < 4.78 is 5.71. The van der Waals surface area contributed by atoms with Crippen LogP contribution >= 0.6 is 22.6 Å². The Balaban J connectivity index is 2.07. The average Bonchev–Trinajstić information content (AvgIpc) is 2.64. The summed E-state index contributed by atoms with van der Waals surface area (Å²) in [6.45, 7) is 1.91. The molecule has 0 aliphatic rings. The molecule has 6 nitrogen and oxygen atoms in total. The standard InChI is InChI=1S/C20H20INO5/c1-2-27-20(26)17(12-14-3-7-15(23)8-4-14)22-19(25)10-6-13-5-9-18(24)16(21)11-13/h3-11,17,23-24H,2,12H2,1H3,(H,22,25). The fourth-order valence-electron chi connectivity index (χ4n) is 2.32. The first-order valence-electron chi connectivity index (χ1n) is 8.30. The van der Waals surface area contributed by atoms with Gasteiger partial charge in [0.2, 0.25) is 5.91 Å². The number of phenolic OH excluding ortho intramolecular Hbond substituents is 2. The van der Waals surface area contributed by atoms with Gasteiger partial charge < -0.3 is 20.3 Å². The van der Waals surface area contributed by atoms with E-state index < -0.39 is 17.9 Å². The van der Waals surface area contributed by atoms with Crippen LogP contribution in [-0.2, 0) is 20.7 Å². The maximum absolute atomic E-state index is 12.2. The quantitative estimate of drug-likeness (QED) is 0.321. The number of phenols is 2. The van der Waals surface area contributed by atoms with Gasteiger partial charge in [0.1, 0.15) is 17.5 Å². The highest BCUT2D eigenvalue weighted by Gasteiger charge is 2.21. The molecule has 0 aliphatic heterocycles. The van der Waals surface area contributed by atoms with Crippen molar-refractivity contribution in [3.8, 4) is 11.5 Å². The van der Waals surface area contributed by atoms with Gasteiger partial charge in [-0.05, 0) is 71.0 Å². The molecular weight excluding hydrogens is 461 g/mol. The average molecular weight is 481 g/mol. The summed E-state index contributed by atoms with van der Waals surface area (Å²) in [5, 5.41) is 21.5. The van der Waals surface area contributed by atoms with E-state index in [0.29, 0.717) is 3.57 Å². The lowest BCUT2D eigenvalue weighted by molar-refractivity contribution is -0.146. The van der Waals surface area contributed by atoms with Gasteiger partial charge in [-0.15, -0.1) is 0 Å². The molecule has 27 heavy (non-hydrogen) atoms. The van der Waals surface area contributed by atoms with Gasteiger partial charge in [0.05, 0.1) is 10.2 Å². The molecule has 1 amide bonds. The Kier molecular flexibility index (Phi) is 7.66. The molecule has 2 aromatic carbocycles. The number of carbonyl (C=O) groups excluding carboxylic acids is 2. The van der Waals surface area contributed by atoms with E-state index in [2.05, 4.69) is 5.32 Å². The highest BCUT2D eigenvalue weighted by molar-refractivity contribution is 14.1. The summed E-state index contributed by atoms with van der Waals surface area (Å²) in [6, 6.07) is 10.5. The molecule has 0 radical (unpaired) electrons. The lowest BCUT2D eigenvalue weighted by Gasteiger charge is -2.16. The maximum atomic E-state index is 12.2. The number of aromatic hydroxyl groups is 2. The van der Waals surface area contributed by atoms with Crippen LogP contribution in [0.15, 0.2) is 48.5 Å². The molecule has 0 saturated carbocycles. The number of halogens is 1. The molecular formula is C20H20INO5. The second kappa shape index (κ2) is 9.96. The molecule has 0 fully saturated rings. The molecule has 2 rings (SSSR count). The Morgan fingerprint density at radius 1 is 1.19 bits per heavy atom. The Labute approximate surface area is 171 Å². The molecule has 0 spiro atoms. The molecule has 142 valence electrons. The zero-order valence-electron chi connectivity index (χ0n) is 14.7. The predicted molar refractivity (Wildman–Crippen MR) is 110 cm³/mol. The van der Waals surface area contributed by atoms with Crippen molar-refractivity contribution in [2.24, 2.45) is 0 Å². The van der Waals surface area contributed by atoms with Gasteiger partial charge in [-0.1, -0.05) is 18.2 Å². The summed E-state index contributed by atoms with van der Waals surface area (Å²) >= 11 is 2.00. The Morgan fingerprint density at radius 3 is 2.52 bits per heavy atom. The molecule has 0 bridgehead atoms. The van der Waals surface area contributed by atoms with Crippen molar-refractivity contribution in [2.75, 3.05) is 6.61 Å². The van der Waals surface area contributed by atoms with Crippen LogP contribution in [0.1, 0.15) is 18.1 Å². The van der Waals surface area contributed by atoms with Crippen LogP contribution in [0.5, 0.6) is 11.5 Å². The van der Waals surface area contributed by atoms with Gasteiger partial charge in [-0.3, -0.25) is 4.79 Å². The summed E-state index contributed by atoms with van der Waals surface area (Å²) in [7, 11) is 0. The minimum absolute atomic E-state index is 0.127. The Hall–Kier alpha value is -2.55. The monoisotopic (exact) mass is 481 g/mol. The summed E-state index contributed by atoms with van der Waals surface area (Å²) in [6.07, 6.45) is 3.17. The topological polar surface area (TPSA) is 95.9 Å². The van der Waals surface area contributed by atoms with Crippen LogP contribution < -0.4 is 5.32 Å². The molecule has 0 saturated heterocycles. The molecule has 7 heteroatoms. The maximum Gasteiger partial charge on any atom is 0.328 e. The van der Waals surface area contributed by atoms with Crippen LogP contribution in [0.4, 0.5) is 0 Å². The highest BCUT2D eigenvalue weighted by atomic mass is 127. The number of hydrogen-bond acceptors (Lipinski definition) is 5. The van der Waals surface area contributed by atoms with Crippen LogP contribution in [0, 0.1) is 3.57 Å². The van der Waals surface area contributed by atoms with Crippen LogP contribution in [0.25, 0.3) is 6.08 Å². The van der Waals surface area contributed by atoms with Crippen LogP contribution in [0.2, 0.25) is 0 Å². The molecule has 3 N–H and O–H groups in total. The van der Waals surface area contributed by atoms with Gasteiger partial charge in [0.25, 0.3) is 0 Å². The van der Waals surface area contributed by atoms with Crippen molar-refractivity contribution >= 4 is 40.5 Å². The lowest BCUT2D eigenvalue weighted by Crippen LogP contribution is -2.42. The van der Waals surface area contributed by atoms with Crippen molar-refractivity contribution in [3.63, 3.8) is 0 Å². The van der Waals surface area contributed by atoms with Gasteiger partial charge in [0.15, 0.2) is 0 Å². The first-order valence-corrected chi connectivity index (χ1v) is 9.38. The van der Waals surface area contributed by atoms with E-state index in [0.717, 1.165) is 11.1 Å². The molecule has 1 unspecified atom stereocenters. The number of esters is 1. The smallest absolute Gasteiger partial charge is 0.328 e.